The van der Waals surface area contributed by atoms with Crippen LogP contribution in [0.5, 0.6) is 0 Å². The molecule has 1 amide bonds. The number of amides is 1. The summed E-state index contributed by atoms with van der Waals surface area (Å²) in [5, 5.41) is 0. The van der Waals surface area contributed by atoms with Gasteiger partial charge in [-0.3, -0.25) is 4.79 Å². The highest BCUT2D eigenvalue weighted by Crippen LogP contribution is 2.41. The maximum Gasteiger partial charge on any atom is 0.232 e. The quantitative estimate of drug-likeness (QED) is 0.841. The molecule has 2 aliphatic rings. The van der Waals surface area contributed by atoms with Crippen molar-refractivity contribution in [2.24, 2.45) is 5.73 Å². The highest BCUT2D eigenvalue weighted by molar-refractivity contribution is 5.88. The SMILES string of the molecule is CC1(C(=O)N2CCC(CN)(c3ccccc3)CC2)CCCc2ccccc21.Cl. The van der Waals surface area contributed by atoms with Crippen LogP contribution in [0.1, 0.15) is 49.3 Å². The Kier molecular flexibility index (Phi) is 6.16. The summed E-state index contributed by atoms with van der Waals surface area (Å²) in [6.45, 7) is 4.37. The van der Waals surface area contributed by atoms with E-state index < -0.39 is 0 Å². The van der Waals surface area contributed by atoms with E-state index in [2.05, 4.69) is 60.4 Å². The van der Waals surface area contributed by atoms with Crippen LogP contribution in [-0.2, 0) is 22.0 Å². The fourth-order valence-electron chi connectivity index (χ4n) is 5.15. The van der Waals surface area contributed by atoms with Crippen molar-refractivity contribution in [1.29, 1.82) is 0 Å². The lowest BCUT2D eigenvalue weighted by Crippen LogP contribution is -2.53. The molecule has 3 nitrogen and oxygen atoms in total. The van der Waals surface area contributed by atoms with Gasteiger partial charge in [-0.2, -0.15) is 0 Å². The van der Waals surface area contributed by atoms with Gasteiger partial charge in [0.05, 0.1) is 5.41 Å². The fraction of sp³-hybridized carbons (Fsp3) is 0.458. The van der Waals surface area contributed by atoms with Crippen molar-refractivity contribution in [3.8, 4) is 0 Å². The average Bonchev–Trinajstić information content (AvgIpc) is 2.74. The number of benzene rings is 2. The lowest BCUT2D eigenvalue weighted by molar-refractivity contribution is -0.139. The van der Waals surface area contributed by atoms with Gasteiger partial charge in [0, 0.05) is 25.0 Å². The molecule has 1 unspecified atom stereocenters. The second-order valence-corrected chi connectivity index (χ2v) is 8.49. The summed E-state index contributed by atoms with van der Waals surface area (Å²) in [4.78, 5) is 15.7. The molecule has 2 aromatic rings. The zero-order valence-electron chi connectivity index (χ0n) is 16.7. The van der Waals surface area contributed by atoms with E-state index in [1.807, 2.05) is 6.07 Å². The number of aryl methyl sites for hydroxylation is 1. The molecule has 4 rings (SSSR count). The zero-order valence-corrected chi connectivity index (χ0v) is 17.5. The molecule has 1 atom stereocenters. The molecule has 0 radical (unpaired) electrons. The van der Waals surface area contributed by atoms with Gasteiger partial charge in [-0.15, -0.1) is 12.4 Å². The van der Waals surface area contributed by atoms with Crippen molar-refractivity contribution < 1.29 is 4.79 Å². The first kappa shape index (κ1) is 20.9. The second-order valence-electron chi connectivity index (χ2n) is 8.49. The second kappa shape index (κ2) is 8.26. The predicted molar refractivity (Wildman–Crippen MR) is 117 cm³/mol. The standard InChI is InChI=1S/C24H30N2O.ClH/c1-23(13-7-9-19-8-5-6-12-21(19)23)22(27)26-16-14-24(18-25,15-17-26)20-10-3-2-4-11-20;/h2-6,8,10-12H,7,9,13-18,25H2,1H3;1H. The van der Waals surface area contributed by atoms with Gasteiger partial charge in [0.2, 0.25) is 5.91 Å². The van der Waals surface area contributed by atoms with Crippen molar-refractivity contribution in [1.82, 2.24) is 4.90 Å². The number of hydrogen-bond acceptors (Lipinski definition) is 2. The summed E-state index contributed by atoms with van der Waals surface area (Å²) < 4.78 is 0. The van der Waals surface area contributed by atoms with Crippen molar-refractivity contribution in [3.63, 3.8) is 0 Å². The number of carbonyl (C=O) groups excluding carboxylic acids is 1. The average molecular weight is 399 g/mol. The maximum atomic E-state index is 13.6. The molecule has 0 aromatic heterocycles. The van der Waals surface area contributed by atoms with Crippen LogP contribution in [0.15, 0.2) is 54.6 Å². The Hall–Kier alpha value is -1.84. The molecule has 1 saturated heterocycles. The van der Waals surface area contributed by atoms with E-state index in [1.54, 1.807) is 0 Å². The van der Waals surface area contributed by atoms with E-state index in [-0.39, 0.29) is 23.2 Å². The number of piperidine rings is 1. The highest BCUT2D eigenvalue weighted by Gasteiger charge is 2.44. The molecular weight excluding hydrogens is 368 g/mol. The van der Waals surface area contributed by atoms with Gasteiger partial charge < -0.3 is 10.6 Å². The lowest BCUT2D eigenvalue weighted by atomic mass is 9.69. The van der Waals surface area contributed by atoms with E-state index in [9.17, 15) is 4.79 Å². The fourth-order valence-corrected chi connectivity index (χ4v) is 5.15. The highest BCUT2D eigenvalue weighted by atomic mass is 35.5. The zero-order chi connectivity index (χ0) is 18.9. The minimum absolute atomic E-state index is 0. The summed E-state index contributed by atoms with van der Waals surface area (Å²) in [5.41, 5.74) is 9.73. The summed E-state index contributed by atoms with van der Waals surface area (Å²) in [6, 6.07) is 19.1. The number of rotatable bonds is 3. The van der Waals surface area contributed by atoms with Crippen LogP contribution in [0.2, 0.25) is 0 Å². The van der Waals surface area contributed by atoms with Crippen LogP contribution < -0.4 is 5.73 Å². The predicted octanol–water partition coefficient (Wildman–Crippen LogP) is 4.22. The number of hydrogen-bond donors (Lipinski definition) is 1. The van der Waals surface area contributed by atoms with Crippen LogP contribution in [0.3, 0.4) is 0 Å². The third-order valence-corrected chi connectivity index (χ3v) is 6.99. The van der Waals surface area contributed by atoms with E-state index in [4.69, 9.17) is 5.73 Å². The van der Waals surface area contributed by atoms with Gasteiger partial charge in [0.15, 0.2) is 0 Å². The van der Waals surface area contributed by atoms with E-state index in [0.29, 0.717) is 12.5 Å². The van der Waals surface area contributed by atoms with Crippen LogP contribution in [0, 0.1) is 0 Å². The van der Waals surface area contributed by atoms with E-state index >= 15 is 0 Å². The topological polar surface area (TPSA) is 46.3 Å². The van der Waals surface area contributed by atoms with E-state index in [0.717, 1.165) is 45.2 Å². The Balaban J connectivity index is 0.00000225. The van der Waals surface area contributed by atoms with Crippen molar-refractivity contribution >= 4 is 18.3 Å². The molecule has 1 heterocycles. The van der Waals surface area contributed by atoms with Gasteiger partial charge in [-0.25, -0.2) is 0 Å². The monoisotopic (exact) mass is 398 g/mol. The van der Waals surface area contributed by atoms with Crippen molar-refractivity contribution in [3.05, 3.63) is 71.3 Å². The molecule has 0 bridgehead atoms. The first-order valence-corrected chi connectivity index (χ1v) is 10.2. The van der Waals surface area contributed by atoms with Crippen molar-refractivity contribution in [2.45, 2.75) is 49.9 Å². The minimum Gasteiger partial charge on any atom is -0.342 e. The normalized spacial score (nSPS) is 23.4. The van der Waals surface area contributed by atoms with E-state index in [1.165, 1.54) is 16.7 Å². The first-order chi connectivity index (χ1) is 13.1. The number of likely N-dealkylation sites (tertiary alicyclic amines) is 1. The molecule has 4 heteroatoms. The molecule has 2 aromatic carbocycles. The lowest BCUT2D eigenvalue weighted by Gasteiger charge is -2.45. The molecule has 0 saturated carbocycles. The minimum atomic E-state index is -0.385. The Morgan fingerprint density at radius 3 is 2.32 bits per heavy atom. The molecule has 1 aliphatic heterocycles. The molecule has 28 heavy (non-hydrogen) atoms. The molecule has 150 valence electrons. The number of nitrogens with zero attached hydrogens (tertiary/aromatic N) is 1. The summed E-state index contributed by atoms with van der Waals surface area (Å²) >= 11 is 0. The van der Waals surface area contributed by atoms with Crippen LogP contribution in [0.4, 0.5) is 0 Å². The summed E-state index contributed by atoms with van der Waals surface area (Å²) in [5.74, 6) is 0.299. The molecule has 2 N–H and O–H groups in total. The molecular formula is C24H31ClN2O. The summed E-state index contributed by atoms with van der Waals surface area (Å²) in [6.07, 6.45) is 5.00. The van der Waals surface area contributed by atoms with Gasteiger partial charge in [-0.05, 0) is 55.7 Å². The van der Waals surface area contributed by atoms with Crippen LogP contribution in [-0.4, -0.2) is 30.4 Å². The Labute approximate surface area is 174 Å². The largest absolute Gasteiger partial charge is 0.342 e. The molecule has 1 aliphatic carbocycles. The number of fused-ring (bicyclic) bond motifs is 1. The number of nitrogens with two attached hydrogens (primary N) is 1. The van der Waals surface area contributed by atoms with Gasteiger partial charge in [0.1, 0.15) is 0 Å². The number of halogens is 1. The third kappa shape index (κ3) is 3.46. The van der Waals surface area contributed by atoms with Gasteiger partial charge in [-0.1, -0.05) is 54.6 Å². The number of carbonyl (C=O) groups is 1. The Bertz CT molecular complexity index is 814. The van der Waals surface area contributed by atoms with Gasteiger partial charge in [0.25, 0.3) is 0 Å². The maximum absolute atomic E-state index is 13.6. The molecule has 0 spiro atoms. The van der Waals surface area contributed by atoms with Crippen LogP contribution >= 0.6 is 12.4 Å². The van der Waals surface area contributed by atoms with Crippen molar-refractivity contribution in [2.75, 3.05) is 19.6 Å². The smallest absolute Gasteiger partial charge is 0.232 e. The molecule has 1 fully saturated rings. The Morgan fingerprint density at radius 1 is 1.00 bits per heavy atom. The van der Waals surface area contributed by atoms with Gasteiger partial charge >= 0.3 is 0 Å². The first-order valence-electron chi connectivity index (χ1n) is 10.2. The van der Waals surface area contributed by atoms with Crippen LogP contribution in [0.25, 0.3) is 0 Å². The summed E-state index contributed by atoms with van der Waals surface area (Å²) in [7, 11) is 0. The third-order valence-electron chi connectivity index (χ3n) is 6.99. The Morgan fingerprint density at radius 2 is 1.64 bits per heavy atom.